The van der Waals surface area contributed by atoms with Crippen LogP contribution < -0.4 is 5.32 Å². The number of piperidine rings is 2. The van der Waals surface area contributed by atoms with Gasteiger partial charge in [0, 0.05) is 81.6 Å². The van der Waals surface area contributed by atoms with Crippen molar-refractivity contribution in [1.29, 1.82) is 0 Å². The molecular formula is C46H61N7O7Si. The first kappa shape index (κ1) is 44.0. The Morgan fingerprint density at radius 2 is 1.77 bits per heavy atom. The van der Waals surface area contributed by atoms with E-state index in [9.17, 15) is 24.0 Å². The van der Waals surface area contributed by atoms with Crippen LogP contribution in [0, 0.1) is 17.8 Å². The van der Waals surface area contributed by atoms with Gasteiger partial charge in [-0.05, 0) is 109 Å². The van der Waals surface area contributed by atoms with Gasteiger partial charge in [0.25, 0.3) is 11.8 Å². The third-order valence-electron chi connectivity index (χ3n) is 12.3. The summed E-state index contributed by atoms with van der Waals surface area (Å²) < 4.78 is 13.2. The van der Waals surface area contributed by atoms with E-state index in [1.165, 1.54) is 4.90 Å². The number of nitrogens with one attached hydrogen (secondary N) is 1. The SMILES string of the molecule is CN1CCC[C@@H]1c1cc2cnc(NC(=O)N3CCC(CCC#Cc4cccc5c4CN(C4CCC(=O)N(COCC[Si](C)(C)C)C4=O)C5=O)CC3)cc2n1C(=O)OC(C)(C)C. The number of fused-ring (bicyclic) bond motifs is 2. The predicted molar refractivity (Wildman–Crippen MR) is 236 cm³/mol. The van der Waals surface area contributed by atoms with E-state index in [-0.39, 0.29) is 49.5 Å². The smallest absolute Gasteiger partial charge is 0.419 e. The summed E-state index contributed by atoms with van der Waals surface area (Å²) >= 11 is 0. The number of carbonyl (C=O) groups excluding carboxylic acids is 5. The average Bonchev–Trinajstić information content (AvgIpc) is 3.90. The monoisotopic (exact) mass is 851 g/mol. The van der Waals surface area contributed by atoms with Gasteiger partial charge in [0.1, 0.15) is 24.2 Å². The number of likely N-dealkylation sites (tertiary alicyclic amines) is 3. The van der Waals surface area contributed by atoms with Crippen molar-refractivity contribution in [2.75, 3.05) is 45.3 Å². The quantitative estimate of drug-likeness (QED) is 0.0952. The molecule has 326 valence electrons. The van der Waals surface area contributed by atoms with Crippen molar-refractivity contribution >= 4 is 54.6 Å². The van der Waals surface area contributed by atoms with Crippen LogP contribution in [0.2, 0.25) is 25.7 Å². The summed E-state index contributed by atoms with van der Waals surface area (Å²) in [5.41, 5.74) is 2.99. The number of aromatic nitrogens is 2. The third-order valence-corrected chi connectivity index (χ3v) is 14.0. The van der Waals surface area contributed by atoms with E-state index in [1.54, 1.807) is 27.8 Å². The Morgan fingerprint density at radius 1 is 1.00 bits per heavy atom. The van der Waals surface area contributed by atoms with Crippen LogP contribution in [0.5, 0.6) is 0 Å². The number of rotatable bonds is 10. The van der Waals surface area contributed by atoms with Crippen molar-refractivity contribution in [3.8, 4) is 11.8 Å². The third kappa shape index (κ3) is 10.2. The Bertz CT molecular complexity index is 2240. The van der Waals surface area contributed by atoms with E-state index in [1.807, 2.05) is 43.9 Å². The minimum atomic E-state index is -1.33. The molecule has 14 nitrogen and oxygen atoms in total. The summed E-state index contributed by atoms with van der Waals surface area (Å²) in [4.78, 5) is 78.2. The maximum absolute atomic E-state index is 13.6. The molecule has 3 aromatic rings. The van der Waals surface area contributed by atoms with Crippen molar-refractivity contribution < 1.29 is 33.4 Å². The van der Waals surface area contributed by atoms with Crippen LogP contribution in [-0.4, -0.2) is 119 Å². The molecule has 61 heavy (non-hydrogen) atoms. The molecule has 0 spiro atoms. The van der Waals surface area contributed by atoms with E-state index in [4.69, 9.17) is 9.47 Å². The summed E-state index contributed by atoms with van der Waals surface area (Å²) in [7, 11) is 0.742. The summed E-state index contributed by atoms with van der Waals surface area (Å²) in [5, 5.41) is 3.78. The highest BCUT2D eigenvalue weighted by molar-refractivity contribution is 6.76. The number of nitrogens with zero attached hydrogens (tertiary/aromatic N) is 6. The van der Waals surface area contributed by atoms with E-state index in [2.05, 4.69) is 53.7 Å². The summed E-state index contributed by atoms with van der Waals surface area (Å²) in [6.07, 6.45) is 6.99. The highest BCUT2D eigenvalue weighted by Gasteiger charge is 2.43. The number of hydrogen-bond donors (Lipinski definition) is 1. The number of anilines is 1. The van der Waals surface area contributed by atoms with Crippen molar-refractivity contribution in [1.82, 2.24) is 29.2 Å². The van der Waals surface area contributed by atoms with E-state index in [0.717, 1.165) is 66.9 Å². The lowest BCUT2D eigenvalue weighted by Gasteiger charge is -2.35. The van der Waals surface area contributed by atoms with Crippen molar-refractivity contribution in [3.63, 3.8) is 0 Å². The predicted octanol–water partition coefficient (Wildman–Crippen LogP) is 7.45. The Kier molecular flexibility index (Phi) is 13.1. The van der Waals surface area contributed by atoms with Crippen molar-refractivity contribution in [2.24, 2.45) is 5.92 Å². The Balaban J connectivity index is 0.917. The first-order chi connectivity index (χ1) is 29.0. The number of amides is 5. The molecule has 0 saturated carbocycles. The van der Waals surface area contributed by atoms with E-state index >= 15 is 0 Å². The summed E-state index contributed by atoms with van der Waals surface area (Å²) in [5.74, 6) is 6.56. The number of benzene rings is 1. The normalized spacial score (nSPS) is 20.3. The zero-order valence-electron chi connectivity index (χ0n) is 36.8. The van der Waals surface area contributed by atoms with Gasteiger partial charge in [-0.25, -0.2) is 19.1 Å². The minimum absolute atomic E-state index is 0.0811. The van der Waals surface area contributed by atoms with Gasteiger partial charge in [-0.15, -0.1) is 0 Å². The van der Waals surface area contributed by atoms with Crippen LogP contribution in [0.4, 0.5) is 15.4 Å². The molecule has 2 aromatic heterocycles. The van der Waals surface area contributed by atoms with Gasteiger partial charge in [0.05, 0.1) is 11.6 Å². The molecule has 4 aliphatic heterocycles. The molecule has 1 aromatic carbocycles. The van der Waals surface area contributed by atoms with Gasteiger partial charge in [-0.3, -0.25) is 29.5 Å². The van der Waals surface area contributed by atoms with Gasteiger partial charge >= 0.3 is 12.1 Å². The zero-order valence-corrected chi connectivity index (χ0v) is 37.8. The van der Waals surface area contributed by atoms with Crippen LogP contribution >= 0.6 is 0 Å². The minimum Gasteiger partial charge on any atom is -0.443 e. The van der Waals surface area contributed by atoms with Crippen LogP contribution in [0.1, 0.15) is 105 Å². The number of hydrogen-bond acceptors (Lipinski definition) is 9. The lowest BCUT2D eigenvalue weighted by Crippen LogP contribution is -2.55. The Hall–Kier alpha value is -5.04. The zero-order chi connectivity index (χ0) is 43.6. The highest BCUT2D eigenvalue weighted by atomic mass is 28.3. The number of ether oxygens (including phenoxy) is 2. The molecule has 0 bridgehead atoms. The second kappa shape index (κ2) is 18.1. The summed E-state index contributed by atoms with van der Waals surface area (Å²) in [6, 6.07) is 9.36. The lowest BCUT2D eigenvalue weighted by molar-refractivity contribution is -0.158. The molecule has 3 saturated heterocycles. The van der Waals surface area contributed by atoms with Gasteiger partial charge in [0.2, 0.25) is 5.91 Å². The van der Waals surface area contributed by atoms with Crippen molar-refractivity contribution in [3.05, 3.63) is 58.9 Å². The van der Waals surface area contributed by atoms with Gasteiger partial charge in [-0.2, -0.15) is 0 Å². The molecule has 2 atom stereocenters. The van der Waals surface area contributed by atoms with Crippen LogP contribution in [0.25, 0.3) is 10.9 Å². The first-order valence-corrected chi connectivity index (χ1v) is 25.5. The molecule has 0 aliphatic carbocycles. The highest BCUT2D eigenvalue weighted by Crippen LogP contribution is 2.36. The first-order valence-electron chi connectivity index (χ1n) is 21.8. The molecular weight excluding hydrogens is 791 g/mol. The second-order valence-electron chi connectivity index (χ2n) is 19.2. The fourth-order valence-electron chi connectivity index (χ4n) is 8.78. The lowest BCUT2D eigenvalue weighted by atomic mass is 9.92. The average molecular weight is 852 g/mol. The molecule has 1 unspecified atom stereocenters. The summed E-state index contributed by atoms with van der Waals surface area (Å²) in [6.45, 7) is 15.1. The molecule has 1 N–H and O–H groups in total. The van der Waals surface area contributed by atoms with Gasteiger partial charge in [-0.1, -0.05) is 37.5 Å². The molecule has 3 fully saturated rings. The van der Waals surface area contributed by atoms with E-state index in [0.29, 0.717) is 55.4 Å². The number of pyridine rings is 1. The second-order valence-corrected chi connectivity index (χ2v) is 24.8. The standard InChI is InChI=1S/C46H61N7O7Si/c1-46(2,3)60-45(58)53-38-27-40(47-28-33(38)26-39(53)36-16-11-21-49(36)4)48-44(57)50-22-19-31(20-23-50)12-8-9-13-32-14-10-15-34-35(32)29-51(42(34)55)37-17-18-41(54)52(43(37)56)30-59-24-25-61(5,6)7/h10,14-15,26-28,31,36-37H,8,11-12,16-25,29-30H2,1-7H3,(H,47,48,57)/t36-,37?/m1/s1. The van der Waals surface area contributed by atoms with E-state index < -0.39 is 25.8 Å². The molecule has 4 aliphatic rings. The fraction of sp³-hybridized carbons (Fsp3) is 0.565. The number of carbonyl (C=O) groups is 5. The Labute approximate surface area is 360 Å². The molecule has 0 radical (unpaired) electrons. The van der Waals surface area contributed by atoms with Gasteiger partial charge < -0.3 is 19.3 Å². The van der Waals surface area contributed by atoms with Gasteiger partial charge in [0.15, 0.2) is 0 Å². The topological polar surface area (TPSA) is 147 Å². The fourth-order valence-corrected chi connectivity index (χ4v) is 9.54. The molecule has 7 rings (SSSR count). The number of imide groups is 1. The molecule has 6 heterocycles. The molecule has 15 heteroatoms. The maximum Gasteiger partial charge on any atom is 0.419 e. The van der Waals surface area contributed by atoms with Crippen LogP contribution in [-0.2, 0) is 25.6 Å². The van der Waals surface area contributed by atoms with Crippen molar-refractivity contribution in [2.45, 2.75) is 122 Å². The number of urea groups is 1. The largest absolute Gasteiger partial charge is 0.443 e. The Morgan fingerprint density at radius 3 is 2.48 bits per heavy atom. The maximum atomic E-state index is 13.6. The van der Waals surface area contributed by atoms with Crippen LogP contribution in [0.15, 0.2) is 36.5 Å². The molecule has 5 amide bonds. The van der Waals surface area contributed by atoms with Crippen LogP contribution in [0.3, 0.4) is 0 Å².